The van der Waals surface area contributed by atoms with Crippen molar-refractivity contribution in [3.63, 3.8) is 0 Å². The van der Waals surface area contributed by atoms with Crippen LogP contribution >= 0.6 is 24.0 Å². The quantitative estimate of drug-likeness (QED) is 0.160. The molecule has 8 heteroatoms. The molecule has 3 amide bonds. The molecule has 1 atom stereocenters. The first-order valence-corrected chi connectivity index (χ1v) is 9.70. The first-order valence-electron chi connectivity index (χ1n) is 9.70. The van der Waals surface area contributed by atoms with E-state index in [1.165, 1.54) is 10.5 Å². The van der Waals surface area contributed by atoms with E-state index < -0.39 is 5.54 Å². The number of urea groups is 1. The Hall–Kier alpha value is -1.84. The topological polar surface area (TPSA) is 85.8 Å². The van der Waals surface area contributed by atoms with Crippen LogP contribution in [0.1, 0.15) is 39.2 Å². The molecular formula is C20H32IN5O2. The lowest BCUT2D eigenvalue weighted by atomic mass is 9.99. The lowest BCUT2D eigenvalue weighted by molar-refractivity contribution is -0.130. The van der Waals surface area contributed by atoms with Gasteiger partial charge in [0.1, 0.15) is 5.54 Å². The maximum absolute atomic E-state index is 12.4. The highest BCUT2D eigenvalue weighted by molar-refractivity contribution is 14.0. The molecule has 1 saturated heterocycles. The van der Waals surface area contributed by atoms with Crippen molar-refractivity contribution in [3.8, 4) is 0 Å². The smallest absolute Gasteiger partial charge is 0.325 e. The van der Waals surface area contributed by atoms with E-state index in [0.29, 0.717) is 25.9 Å². The molecule has 3 N–H and O–H groups in total. The Kier molecular flexibility index (Phi) is 10.3. The first kappa shape index (κ1) is 24.2. The second kappa shape index (κ2) is 11.9. The summed E-state index contributed by atoms with van der Waals surface area (Å²) in [5.74, 6) is 0.607. The fourth-order valence-electron chi connectivity index (χ4n) is 2.92. The van der Waals surface area contributed by atoms with Crippen LogP contribution in [0.4, 0.5) is 4.79 Å². The lowest BCUT2D eigenvalue weighted by Gasteiger charge is -2.19. The van der Waals surface area contributed by atoms with E-state index in [4.69, 9.17) is 0 Å². The van der Waals surface area contributed by atoms with Crippen LogP contribution in [0, 0.1) is 0 Å². The molecule has 28 heavy (non-hydrogen) atoms. The van der Waals surface area contributed by atoms with Gasteiger partial charge in [0.25, 0.3) is 5.91 Å². The predicted molar refractivity (Wildman–Crippen MR) is 123 cm³/mol. The fourth-order valence-corrected chi connectivity index (χ4v) is 2.92. The molecule has 1 aromatic rings. The van der Waals surface area contributed by atoms with Crippen molar-refractivity contribution < 1.29 is 9.59 Å². The lowest BCUT2D eigenvalue weighted by Crippen LogP contribution is -2.43. The highest BCUT2D eigenvalue weighted by Gasteiger charge is 2.45. The molecule has 0 saturated carbocycles. The standard InChI is InChI=1S/C20H31N5O2.HI/c1-4-20(3)17(26)25(19(27)24-20)15-9-13-22-18(21-5-2)23-14-12-16-10-7-6-8-11-16;/h6-8,10-11H,4-5,9,12-15H2,1-3H3,(H,24,27)(H2,21,22,23);1H. The van der Waals surface area contributed by atoms with E-state index in [2.05, 4.69) is 33.1 Å². The van der Waals surface area contributed by atoms with Crippen molar-refractivity contribution in [2.45, 2.75) is 45.6 Å². The van der Waals surface area contributed by atoms with Crippen molar-refractivity contribution in [2.75, 3.05) is 26.2 Å². The number of nitrogens with zero attached hydrogens (tertiary/aromatic N) is 2. The third-order valence-corrected chi connectivity index (χ3v) is 4.76. The normalized spacial score (nSPS) is 19.2. The predicted octanol–water partition coefficient (Wildman–Crippen LogP) is 2.51. The van der Waals surface area contributed by atoms with Gasteiger partial charge in [-0.1, -0.05) is 37.3 Å². The Labute approximate surface area is 184 Å². The van der Waals surface area contributed by atoms with Crippen LogP contribution in [0.25, 0.3) is 0 Å². The summed E-state index contributed by atoms with van der Waals surface area (Å²) in [6, 6.07) is 9.99. The number of aliphatic imine (C=N–C) groups is 1. The van der Waals surface area contributed by atoms with E-state index in [0.717, 1.165) is 25.5 Å². The summed E-state index contributed by atoms with van der Waals surface area (Å²) in [4.78, 5) is 30.2. The van der Waals surface area contributed by atoms with E-state index in [1.807, 2.05) is 32.0 Å². The zero-order chi connectivity index (χ0) is 19.7. The second-order valence-corrected chi connectivity index (χ2v) is 6.85. The van der Waals surface area contributed by atoms with Crippen LogP contribution in [0.15, 0.2) is 35.3 Å². The summed E-state index contributed by atoms with van der Waals surface area (Å²) < 4.78 is 0. The summed E-state index contributed by atoms with van der Waals surface area (Å²) in [6.45, 7) is 8.18. The number of hydrogen-bond acceptors (Lipinski definition) is 3. The molecule has 7 nitrogen and oxygen atoms in total. The monoisotopic (exact) mass is 501 g/mol. The Morgan fingerprint density at radius 1 is 1.18 bits per heavy atom. The van der Waals surface area contributed by atoms with Crippen molar-refractivity contribution in [1.82, 2.24) is 20.9 Å². The fraction of sp³-hybridized carbons (Fsp3) is 0.550. The molecule has 156 valence electrons. The maximum atomic E-state index is 12.4. The molecule has 0 bridgehead atoms. The highest BCUT2D eigenvalue weighted by Crippen LogP contribution is 2.20. The molecule has 0 aliphatic carbocycles. The molecular weight excluding hydrogens is 469 g/mol. The highest BCUT2D eigenvalue weighted by atomic mass is 127. The second-order valence-electron chi connectivity index (χ2n) is 6.85. The van der Waals surface area contributed by atoms with Crippen LogP contribution < -0.4 is 16.0 Å². The van der Waals surface area contributed by atoms with E-state index >= 15 is 0 Å². The molecule has 1 aliphatic rings. The number of imide groups is 1. The van der Waals surface area contributed by atoms with Crippen molar-refractivity contribution in [3.05, 3.63) is 35.9 Å². The van der Waals surface area contributed by atoms with Gasteiger partial charge in [0.15, 0.2) is 5.96 Å². The first-order chi connectivity index (χ1) is 13.0. The summed E-state index contributed by atoms with van der Waals surface area (Å²) in [5.41, 5.74) is 0.507. The number of benzene rings is 1. The van der Waals surface area contributed by atoms with Crippen LogP contribution in [-0.2, 0) is 11.2 Å². The Morgan fingerprint density at radius 3 is 2.50 bits per heavy atom. The molecule has 0 spiro atoms. The van der Waals surface area contributed by atoms with E-state index in [9.17, 15) is 9.59 Å². The van der Waals surface area contributed by atoms with Gasteiger partial charge < -0.3 is 16.0 Å². The molecule has 1 unspecified atom stereocenters. The van der Waals surface area contributed by atoms with Gasteiger partial charge in [-0.2, -0.15) is 0 Å². The van der Waals surface area contributed by atoms with Crippen LogP contribution in [0.5, 0.6) is 0 Å². The van der Waals surface area contributed by atoms with Gasteiger partial charge in [-0.05, 0) is 38.7 Å². The van der Waals surface area contributed by atoms with Gasteiger partial charge in [0.05, 0.1) is 0 Å². The number of hydrogen-bond donors (Lipinski definition) is 3. The Morgan fingerprint density at radius 2 is 1.89 bits per heavy atom. The summed E-state index contributed by atoms with van der Waals surface area (Å²) in [5, 5.41) is 9.30. The summed E-state index contributed by atoms with van der Waals surface area (Å²) >= 11 is 0. The van der Waals surface area contributed by atoms with Crippen molar-refractivity contribution in [2.24, 2.45) is 4.99 Å². The van der Waals surface area contributed by atoms with Crippen LogP contribution in [-0.4, -0.2) is 54.5 Å². The Bertz CT molecular complexity index is 668. The van der Waals surface area contributed by atoms with Gasteiger partial charge in [-0.25, -0.2) is 4.79 Å². The average Bonchev–Trinajstić information content (AvgIpc) is 2.89. The van der Waals surface area contributed by atoms with Gasteiger partial charge in [-0.15, -0.1) is 24.0 Å². The van der Waals surface area contributed by atoms with Gasteiger partial charge >= 0.3 is 6.03 Å². The van der Waals surface area contributed by atoms with Gasteiger partial charge in [-0.3, -0.25) is 14.7 Å². The number of nitrogens with one attached hydrogen (secondary N) is 3. The summed E-state index contributed by atoms with van der Waals surface area (Å²) in [7, 11) is 0. The number of halogens is 1. The van der Waals surface area contributed by atoms with Crippen LogP contribution in [0.3, 0.4) is 0 Å². The van der Waals surface area contributed by atoms with Gasteiger partial charge in [0, 0.05) is 26.2 Å². The largest absolute Gasteiger partial charge is 0.357 e. The van der Waals surface area contributed by atoms with Gasteiger partial charge in [0.2, 0.25) is 0 Å². The Balaban J connectivity index is 0.00000392. The van der Waals surface area contributed by atoms with Crippen LogP contribution in [0.2, 0.25) is 0 Å². The number of rotatable bonds is 9. The molecule has 0 aromatic heterocycles. The average molecular weight is 501 g/mol. The maximum Gasteiger partial charge on any atom is 0.325 e. The zero-order valence-corrected chi connectivity index (χ0v) is 19.3. The molecule has 0 radical (unpaired) electrons. The van der Waals surface area contributed by atoms with E-state index in [1.54, 1.807) is 6.92 Å². The summed E-state index contributed by atoms with van der Waals surface area (Å²) in [6.07, 6.45) is 2.14. The third-order valence-electron chi connectivity index (χ3n) is 4.76. The number of guanidine groups is 1. The van der Waals surface area contributed by atoms with Crippen molar-refractivity contribution in [1.29, 1.82) is 0 Å². The minimum Gasteiger partial charge on any atom is -0.357 e. The van der Waals surface area contributed by atoms with E-state index in [-0.39, 0.29) is 35.9 Å². The number of carbonyl (C=O) groups excluding carboxylic acids is 2. The SMILES string of the molecule is CCNC(=NCCCN1C(=O)NC(C)(CC)C1=O)NCCc1ccccc1.I. The molecule has 1 aromatic carbocycles. The minimum atomic E-state index is -0.770. The molecule has 2 rings (SSSR count). The molecule has 1 aliphatic heterocycles. The number of carbonyl (C=O) groups is 2. The minimum absolute atomic E-state index is 0. The van der Waals surface area contributed by atoms with Crippen molar-refractivity contribution >= 4 is 41.9 Å². The third kappa shape index (κ3) is 6.65. The number of amides is 3. The zero-order valence-electron chi connectivity index (χ0n) is 17.0. The molecule has 1 fully saturated rings. The molecule has 1 heterocycles.